The second kappa shape index (κ2) is 12.7. The number of anilines is 1. The molecular weight excluding hydrogens is 434 g/mol. The van der Waals surface area contributed by atoms with E-state index in [0.29, 0.717) is 13.0 Å². The Morgan fingerprint density at radius 3 is 2.40 bits per heavy atom. The number of fused-ring (bicyclic) bond motifs is 1. The van der Waals surface area contributed by atoms with Crippen LogP contribution in [0.15, 0.2) is 85.2 Å². The van der Waals surface area contributed by atoms with Crippen LogP contribution in [0.25, 0.3) is 21.9 Å². The van der Waals surface area contributed by atoms with E-state index in [9.17, 15) is 4.79 Å². The summed E-state index contributed by atoms with van der Waals surface area (Å²) in [6, 6.07) is 24.3. The second-order valence-electron chi connectivity index (χ2n) is 8.78. The third kappa shape index (κ3) is 6.90. The molecule has 0 atom stereocenters. The van der Waals surface area contributed by atoms with Gasteiger partial charge < -0.3 is 10.1 Å². The van der Waals surface area contributed by atoms with Gasteiger partial charge in [-0.05, 0) is 68.2 Å². The zero-order valence-electron chi connectivity index (χ0n) is 20.3. The molecule has 0 saturated carbocycles. The molecule has 1 aliphatic heterocycles. The van der Waals surface area contributed by atoms with Crippen molar-refractivity contribution in [2.24, 2.45) is 0 Å². The first-order valence-corrected chi connectivity index (χ1v) is 12.3. The topological polar surface area (TPSA) is 54.5 Å². The van der Waals surface area contributed by atoms with Crippen LogP contribution in [0.4, 0.5) is 5.69 Å². The number of nitrogens with one attached hydrogen (secondary N) is 1. The average Bonchev–Trinajstić information content (AvgIpc) is 2.91. The predicted molar refractivity (Wildman–Crippen MR) is 144 cm³/mol. The van der Waals surface area contributed by atoms with E-state index in [4.69, 9.17) is 4.74 Å². The highest BCUT2D eigenvalue weighted by atomic mass is 16.5. The van der Waals surface area contributed by atoms with Crippen molar-refractivity contribution in [3.8, 4) is 16.9 Å². The minimum atomic E-state index is 0.699. The van der Waals surface area contributed by atoms with Crippen molar-refractivity contribution in [3.05, 3.63) is 90.8 Å². The Labute approximate surface area is 207 Å². The number of hydrogen-bond donors (Lipinski definition) is 1. The van der Waals surface area contributed by atoms with Crippen molar-refractivity contribution in [2.75, 3.05) is 31.6 Å². The zero-order chi connectivity index (χ0) is 24.3. The van der Waals surface area contributed by atoms with E-state index in [-0.39, 0.29) is 0 Å². The molecule has 5 heteroatoms. The number of piperidine rings is 1. The lowest BCUT2D eigenvalue weighted by Crippen LogP contribution is -2.33. The summed E-state index contributed by atoms with van der Waals surface area (Å²) in [5.74, 6) is 0.879. The highest BCUT2D eigenvalue weighted by Crippen LogP contribution is 2.31. The summed E-state index contributed by atoms with van der Waals surface area (Å²) in [6.07, 6.45) is 8.30. The van der Waals surface area contributed by atoms with Crippen LogP contribution < -0.4 is 10.1 Å². The van der Waals surface area contributed by atoms with Crippen LogP contribution in [0, 0.1) is 6.92 Å². The maximum absolute atomic E-state index is 10.7. The number of amides is 1. The van der Waals surface area contributed by atoms with Gasteiger partial charge in [-0.2, -0.15) is 0 Å². The molecule has 4 aromatic rings. The van der Waals surface area contributed by atoms with Gasteiger partial charge in [0.15, 0.2) is 0 Å². The summed E-state index contributed by atoms with van der Waals surface area (Å²) in [5, 5.41) is 4.78. The van der Waals surface area contributed by atoms with E-state index >= 15 is 0 Å². The molecule has 1 aliphatic rings. The lowest BCUT2D eigenvalue weighted by atomic mass is 10.1. The van der Waals surface area contributed by atoms with Crippen LogP contribution in [-0.4, -0.2) is 42.5 Å². The van der Waals surface area contributed by atoms with Gasteiger partial charge >= 0.3 is 0 Å². The summed E-state index contributed by atoms with van der Waals surface area (Å²) < 4.78 is 6.00. The summed E-state index contributed by atoms with van der Waals surface area (Å²) in [5.41, 5.74) is 4.57. The van der Waals surface area contributed by atoms with Gasteiger partial charge in [0.2, 0.25) is 6.41 Å². The molecule has 0 spiro atoms. The van der Waals surface area contributed by atoms with Crippen LogP contribution in [0.1, 0.15) is 24.8 Å². The van der Waals surface area contributed by atoms with Crippen molar-refractivity contribution in [1.29, 1.82) is 0 Å². The number of nitrogens with zero attached hydrogens (tertiary/aromatic N) is 2. The van der Waals surface area contributed by atoms with Gasteiger partial charge in [-0.1, -0.05) is 60.5 Å². The molecule has 35 heavy (non-hydrogen) atoms. The molecule has 0 radical (unpaired) electrons. The van der Waals surface area contributed by atoms with E-state index in [1.807, 2.05) is 60.9 Å². The molecule has 0 bridgehead atoms. The molecule has 0 unspecified atom stereocenters. The Morgan fingerprint density at radius 2 is 1.66 bits per heavy atom. The summed E-state index contributed by atoms with van der Waals surface area (Å²) in [6.45, 7) is 6.15. The monoisotopic (exact) mass is 467 g/mol. The Hall–Kier alpha value is -3.70. The number of carbonyl (C=O) groups is 1. The van der Waals surface area contributed by atoms with Gasteiger partial charge in [-0.25, -0.2) is 0 Å². The van der Waals surface area contributed by atoms with E-state index < -0.39 is 0 Å². The minimum Gasteiger partial charge on any atom is -0.492 e. The van der Waals surface area contributed by atoms with Crippen molar-refractivity contribution in [2.45, 2.75) is 26.2 Å². The molecule has 0 aliphatic carbocycles. The Bertz CT molecular complexity index is 1220. The number of benzene rings is 3. The number of rotatable bonds is 7. The average molecular weight is 468 g/mol. The largest absolute Gasteiger partial charge is 0.492 e. The molecule has 1 fully saturated rings. The van der Waals surface area contributed by atoms with Gasteiger partial charge in [0, 0.05) is 35.4 Å². The van der Waals surface area contributed by atoms with Gasteiger partial charge in [0.25, 0.3) is 0 Å². The van der Waals surface area contributed by atoms with Crippen molar-refractivity contribution in [1.82, 2.24) is 9.88 Å². The van der Waals surface area contributed by atoms with Gasteiger partial charge in [0.1, 0.15) is 12.4 Å². The lowest BCUT2D eigenvalue weighted by molar-refractivity contribution is -0.105. The molecule has 1 saturated heterocycles. The van der Waals surface area contributed by atoms with E-state index in [2.05, 4.69) is 46.4 Å². The van der Waals surface area contributed by atoms with Gasteiger partial charge in [-0.3, -0.25) is 14.7 Å². The molecule has 5 nitrogen and oxygen atoms in total. The molecule has 5 rings (SSSR count). The van der Waals surface area contributed by atoms with Crippen LogP contribution in [-0.2, 0) is 4.79 Å². The number of aryl methyl sites for hydroxylation is 1. The van der Waals surface area contributed by atoms with Crippen molar-refractivity contribution < 1.29 is 9.53 Å². The first kappa shape index (κ1) is 24.4. The van der Waals surface area contributed by atoms with Crippen LogP contribution in [0.3, 0.4) is 0 Å². The maximum atomic E-state index is 10.7. The third-order valence-corrected chi connectivity index (χ3v) is 6.24. The number of carbonyl (C=O) groups excluding carboxylic acids is 1. The van der Waals surface area contributed by atoms with Crippen LogP contribution in [0.2, 0.25) is 0 Å². The minimum absolute atomic E-state index is 0.699. The zero-order valence-corrected chi connectivity index (χ0v) is 20.3. The fourth-order valence-corrected chi connectivity index (χ4v) is 4.42. The summed E-state index contributed by atoms with van der Waals surface area (Å²) >= 11 is 0. The van der Waals surface area contributed by atoms with Crippen molar-refractivity contribution in [3.63, 3.8) is 0 Å². The van der Waals surface area contributed by atoms with Gasteiger partial charge in [0.05, 0.1) is 0 Å². The Kier molecular flexibility index (Phi) is 8.85. The number of pyridine rings is 1. The summed E-state index contributed by atoms with van der Waals surface area (Å²) in [4.78, 5) is 17.2. The smallest absolute Gasteiger partial charge is 0.211 e. The molecule has 180 valence electrons. The van der Waals surface area contributed by atoms with E-state index in [1.165, 1.54) is 49.0 Å². The molecule has 1 N–H and O–H groups in total. The van der Waals surface area contributed by atoms with Crippen LogP contribution in [0.5, 0.6) is 5.75 Å². The molecule has 1 amide bonds. The summed E-state index contributed by atoms with van der Waals surface area (Å²) in [7, 11) is 0. The fraction of sp³-hybridized carbons (Fsp3) is 0.267. The highest BCUT2D eigenvalue weighted by Gasteiger charge is 2.11. The van der Waals surface area contributed by atoms with Gasteiger partial charge in [-0.15, -0.1) is 0 Å². The SMILES string of the molecule is Cc1cccc(-c2ccncc2)c1.O=CNc1ccc(OCCN2CCCCC2)c2ccccc12. The Morgan fingerprint density at radius 1 is 0.886 bits per heavy atom. The van der Waals surface area contributed by atoms with Crippen LogP contribution >= 0.6 is 0 Å². The number of ether oxygens (including phenoxy) is 1. The molecular formula is C30H33N3O2. The second-order valence-corrected chi connectivity index (χ2v) is 8.78. The van der Waals surface area contributed by atoms with Crippen molar-refractivity contribution >= 4 is 22.9 Å². The number of hydrogen-bond acceptors (Lipinski definition) is 4. The first-order valence-electron chi connectivity index (χ1n) is 12.3. The standard InChI is InChI=1S/C18H22N2O2.C12H11N/c21-14-19-17-8-9-18(16-7-3-2-6-15(16)17)22-13-12-20-10-4-1-5-11-20;1-10-3-2-4-12(9-10)11-5-7-13-8-6-11/h2-3,6-9,14H,1,4-5,10-13H2,(H,19,21);2-9H,1H3. The highest BCUT2D eigenvalue weighted by molar-refractivity contribution is 6.00. The Balaban J connectivity index is 0.000000189. The number of aromatic nitrogens is 1. The normalized spacial score (nSPS) is 13.5. The maximum Gasteiger partial charge on any atom is 0.211 e. The third-order valence-electron chi connectivity index (χ3n) is 6.24. The van der Waals surface area contributed by atoms with E-state index in [1.54, 1.807) is 0 Å². The fourth-order valence-electron chi connectivity index (χ4n) is 4.42. The lowest BCUT2D eigenvalue weighted by Gasteiger charge is -2.26. The molecule has 1 aromatic heterocycles. The quantitative estimate of drug-likeness (QED) is 0.323. The first-order chi connectivity index (χ1) is 17.2. The molecule has 3 aromatic carbocycles. The van der Waals surface area contributed by atoms with E-state index in [0.717, 1.165) is 28.8 Å². The predicted octanol–water partition coefficient (Wildman–Crippen LogP) is 6.33. The number of likely N-dealkylation sites (tertiary alicyclic amines) is 1. The molecule has 2 heterocycles.